The summed E-state index contributed by atoms with van der Waals surface area (Å²) in [6, 6.07) is 8.36. The van der Waals surface area contributed by atoms with Crippen LogP contribution in [0, 0.1) is 11.3 Å². The van der Waals surface area contributed by atoms with Gasteiger partial charge in [0, 0.05) is 6.04 Å². The summed E-state index contributed by atoms with van der Waals surface area (Å²) in [6.45, 7) is -0.286. The van der Waals surface area contributed by atoms with Crippen LogP contribution in [-0.2, 0) is 9.53 Å². The molecule has 0 atom stereocenters. The molecule has 0 radical (unpaired) electrons. The maximum absolute atomic E-state index is 11.7. The number of esters is 1. The smallest absolute Gasteiger partial charge is 0.338 e. The second kappa shape index (κ2) is 6.71. The summed E-state index contributed by atoms with van der Waals surface area (Å²) in [5, 5.41) is 11.6. The van der Waals surface area contributed by atoms with Crippen LogP contribution >= 0.6 is 0 Å². The monoisotopic (exact) mass is 272 g/mol. The maximum atomic E-state index is 11.7. The Morgan fingerprint density at radius 3 is 2.80 bits per heavy atom. The fourth-order valence-corrected chi connectivity index (χ4v) is 2.27. The lowest BCUT2D eigenvalue weighted by molar-refractivity contribution is -0.124. The second-order valence-electron chi connectivity index (χ2n) is 4.82. The lowest BCUT2D eigenvalue weighted by Crippen LogP contribution is -2.35. The van der Waals surface area contributed by atoms with Crippen LogP contribution in [0.5, 0.6) is 0 Å². The van der Waals surface area contributed by atoms with Crippen molar-refractivity contribution >= 4 is 11.9 Å². The van der Waals surface area contributed by atoms with Gasteiger partial charge in [-0.05, 0) is 31.0 Å². The lowest BCUT2D eigenvalue weighted by atomic mass is 10.1. The number of nitrogens with zero attached hydrogens (tertiary/aromatic N) is 1. The van der Waals surface area contributed by atoms with Gasteiger partial charge in [0.1, 0.15) is 0 Å². The molecule has 0 heterocycles. The third-order valence-corrected chi connectivity index (χ3v) is 3.28. The molecule has 1 amide bonds. The second-order valence-corrected chi connectivity index (χ2v) is 4.82. The van der Waals surface area contributed by atoms with Crippen LogP contribution in [0.1, 0.15) is 41.6 Å². The van der Waals surface area contributed by atoms with E-state index in [4.69, 9.17) is 10.00 Å². The Morgan fingerprint density at radius 2 is 2.10 bits per heavy atom. The van der Waals surface area contributed by atoms with E-state index in [9.17, 15) is 9.59 Å². The molecule has 1 aliphatic rings. The van der Waals surface area contributed by atoms with Crippen molar-refractivity contribution in [1.29, 1.82) is 5.26 Å². The van der Waals surface area contributed by atoms with Crippen molar-refractivity contribution in [3.63, 3.8) is 0 Å². The molecule has 5 nitrogen and oxygen atoms in total. The van der Waals surface area contributed by atoms with Crippen LogP contribution in [0.25, 0.3) is 0 Å². The van der Waals surface area contributed by atoms with Crippen molar-refractivity contribution in [3.8, 4) is 6.07 Å². The van der Waals surface area contributed by atoms with E-state index in [1.165, 1.54) is 6.07 Å². The summed E-state index contributed by atoms with van der Waals surface area (Å²) in [7, 11) is 0. The third-order valence-electron chi connectivity index (χ3n) is 3.28. The molecule has 1 fully saturated rings. The zero-order valence-electron chi connectivity index (χ0n) is 11.1. The van der Waals surface area contributed by atoms with Crippen molar-refractivity contribution < 1.29 is 14.3 Å². The zero-order chi connectivity index (χ0) is 14.4. The number of hydrogen-bond acceptors (Lipinski definition) is 4. The van der Waals surface area contributed by atoms with Crippen LogP contribution < -0.4 is 5.32 Å². The van der Waals surface area contributed by atoms with Gasteiger partial charge in [-0.2, -0.15) is 5.26 Å². The number of carbonyl (C=O) groups excluding carboxylic acids is 2. The van der Waals surface area contributed by atoms with Crippen LogP contribution in [-0.4, -0.2) is 24.5 Å². The minimum Gasteiger partial charge on any atom is -0.452 e. The first kappa shape index (κ1) is 14.1. The molecule has 104 valence electrons. The van der Waals surface area contributed by atoms with Gasteiger partial charge in [0.05, 0.1) is 17.2 Å². The Morgan fingerprint density at radius 1 is 1.35 bits per heavy atom. The molecular weight excluding hydrogens is 256 g/mol. The summed E-state index contributed by atoms with van der Waals surface area (Å²) in [5.74, 6) is -0.870. The molecule has 1 saturated carbocycles. The van der Waals surface area contributed by atoms with E-state index in [0.717, 1.165) is 25.7 Å². The number of carbonyl (C=O) groups is 2. The van der Waals surface area contributed by atoms with Gasteiger partial charge >= 0.3 is 5.97 Å². The van der Waals surface area contributed by atoms with Crippen molar-refractivity contribution in [2.75, 3.05) is 6.61 Å². The van der Waals surface area contributed by atoms with E-state index in [1.807, 2.05) is 6.07 Å². The molecule has 1 N–H and O–H groups in total. The van der Waals surface area contributed by atoms with Gasteiger partial charge in [0.2, 0.25) is 0 Å². The quantitative estimate of drug-likeness (QED) is 0.847. The van der Waals surface area contributed by atoms with Crippen LogP contribution in [0.4, 0.5) is 0 Å². The normalized spacial score (nSPS) is 14.6. The van der Waals surface area contributed by atoms with Gasteiger partial charge in [0.25, 0.3) is 5.91 Å². The van der Waals surface area contributed by atoms with Crippen molar-refractivity contribution in [2.24, 2.45) is 0 Å². The number of amides is 1. The average molecular weight is 272 g/mol. The molecule has 0 aromatic heterocycles. The number of nitriles is 1. The van der Waals surface area contributed by atoms with E-state index in [-0.39, 0.29) is 24.1 Å². The summed E-state index contributed by atoms with van der Waals surface area (Å²) in [5.41, 5.74) is 0.660. The highest BCUT2D eigenvalue weighted by Gasteiger charge is 2.18. The Bertz CT molecular complexity index is 542. The Labute approximate surface area is 117 Å². The first-order valence-corrected chi connectivity index (χ1v) is 6.65. The van der Waals surface area contributed by atoms with Gasteiger partial charge < -0.3 is 10.1 Å². The molecule has 1 aromatic rings. The van der Waals surface area contributed by atoms with E-state index in [0.29, 0.717) is 5.56 Å². The minimum atomic E-state index is -0.594. The summed E-state index contributed by atoms with van der Waals surface area (Å²) in [4.78, 5) is 23.4. The third kappa shape index (κ3) is 3.82. The predicted octanol–water partition coefficient (Wildman–Crippen LogP) is 1.77. The first-order valence-electron chi connectivity index (χ1n) is 6.65. The molecule has 5 heteroatoms. The van der Waals surface area contributed by atoms with Gasteiger partial charge in [-0.25, -0.2) is 4.79 Å². The number of rotatable bonds is 4. The molecule has 0 aliphatic heterocycles. The fourth-order valence-electron chi connectivity index (χ4n) is 2.27. The van der Waals surface area contributed by atoms with E-state index >= 15 is 0 Å². The fraction of sp³-hybridized carbons (Fsp3) is 0.400. The Kier molecular flexibility index (Phi) is 4.72. The number of hydrogen-bond donors (Lipinski definition) is 1. The van der Waals surface area contributed by atoms with Crippen molar-refractivity contribution in [1.82, 2.24) is 5.32 Å². The highest BCUT2D eigenvalue weighted by Crippen LogP contribution is 2.17. The first-order chi connectivity index (χ1) is 9.69. The largest absolute Gasteiger partial charge is 0.452 e. The highest BCUT2D eigenvalue weighted by molar-refractivity contribution is 5.91. The van der Waals surface area contributed by atoms with E-state index in [1.54, 1.807) is 18.2 Å². The zero-order valence-corrected chi connectivity index (χ0v) is 11.1. The molecule has 0 saturated heterocycles. The van der Waals surface area contributed by atoms with Gasteiger partial charge in [-0.1, -0.05) is 18.9 Å². The summed E-state index contributed by atoms with van der Waals surface area (Å²) < 4.78 is 4.94. The summed E-state index contributed by atoms with van der Waals surface area (Å²) >= 11 is 0. The average Bonchev–Trinajstić information content (AvgIpc) is 2.97. The van der Waals surface area contributed by atoms with E-state index in [2.05, 4.69) is 5.32 Å². The Balaban J connectivity index is 1.82. The topological polar surface area (TPSA) is 79.2 Å². The van der Waals surface area contributed by atoms with Crippen molar-refractivity contribution in [2.45, 2.75) is 31.7 Å². The van der Waals surface area contributed by atoms with Crippen LogP contribution in [0.3, 0.4) is 0 Å². The molecule has 1 aliphatic carbocycles. The molecule has 1 aromatic carbocycles. The molecule has 2 rings (SSSR count). The molecular formula is C15H16N2O3. The molecule has 0 unspecified atom stereocenters. The van der Waals surface area contributed by atoms with Gasteiger partial charge in [0.15, 0.2) is 6.61 Å². The standard InChI is InChI=1S/C15H16N2O3/c16-9-11-4-3-5-12(8-11)15(19)20-10-14(18)17-13-6-1-2-7-13/h3-5,8,13H,1-2,6-7,10H2,(H,17,18). The maximum Gasteiger partial charge on any atom is 0.338 e. The van der Waals surface area contributed by atoms with Crippen LogP contribution in [0.2, 0.25) is 0 Å². The molecule has 0 bridgehead atoms. The number of benzene rings is 1. The Hall–Kier alpha value is -2.35. The van der Waals surface area contributed by atoms with Crippen LogP contribution in [0.15, 0.2) is 24.3 Å². The summed E-state index contributed by atoms with van der Waals surface area (Å²) in [6.07, 6.45) is 4.24. The van der Waals surface area contributed by atoms with Crippen molar-refractivity contribution in [3.05, 3.63) is 35.4 Å². The van der Waals surface area contributed by atoms with E-state index < -0.39 is 5.97 Å². The molecule has 20 heavy (non-hydrogen) atoms. The minimum absolute atomic E-state index is 0.211. The predicted molar refractivity (Wildman–Crippen MR) is 71.8 cm³/mol. The SMILES string of the molecule is N#Cc1cccc(C(=O)OCC(=O)NC2CCCC2)c1. The number of ether oxygens (including phenoxy) is 1. The van der Waals surface area contributed by atoms with Gasteiger partial charge in [-0.15, -0.1) is 0 Å². The highest BCUT2D eigenvalue weighted by atomic mass is 16.5. The molecule has 0 spiro atoms. The number of nitrogens with one attached hydrogen (secondary N) is 1. The van der Waals surface area contributed by atoms with Gasteiger partial charge in [-0.3, -0.25) is 4.79 Å². The lowest BCUT2D eigenvalue weighted by Gasteiger charge is -2.11.